The summed E-state index contributed by atoms with van der Waals surface area (Å²) >= 11 is 0. The van der Waals surface area contributed by atoms with Crippen LogP contribution in [0.25, 0.3) is 33.3 Å². The highest BCUT2D eigenvalue weighted by Gasteiger charge is 2.34. The Balaban J connectivity index is 1.65. The van der Waals surface area contributed by atoms with Crippen LogP contribution in [0.2, 0.25) is 0 Å². The maximum Gasteiger partial charge on any atom is 0.419 e. The molecule has 0 saturated heterocycles. The van der Waals surface area contributed by atoms with E-state index in [1.165, 1.54) is 25.6 Å². The van der Waals surface area contributed by atoms with Crippen molar-refractivity contribution in [1.82, 2.24) is 19.9 Å². The maximum absolute atomic E-state index is 13.7. The Morgan fingerprint density at radius 1 is 0.923 bits per heavy atom. The first-order valence-corrected chi connectivity index (χ1v) is 11.9. The predicted molar refractivity (Wildman–Crippen MR) is 146 cm³/mol. The summed E-state index contributed by atoms with van der Waals surface area (Å²) in [5.41, 5.74) is 8.92. The van der Waals surface area contributed by atoms with Gasteiger partial charge >= 0.3 is 6.18 Å². The molecular formula is C28H24F3N7O. The number of methoxy groups -OCH3 is 1. The number of hydrogen-bond acceptors (Lipinski definition) is 8. The number of benzene rings is 2. The number of nitrogens with one attached hydrogen (secondary N) is 2. The van der Waals surface area contributed by atoms with Crippen molar-refractivity contribution < 1.29 is 17.9 Å². The highest BCUT2D eigenvalue weighted by molar-refractivity contribution is 6.04. The highest BCUT2D eigenvalue weighted by Crippen LogP contribution is 2.40. The van der Waals surface area contributed by atoms with Crippen LogP contribution in [-0.4, -0.2) is 34.1 Å². The van der Waals surface area contributed by atoms with Gasteiger partial charge in [-0.05, 0) is 48.9 Å². The van der Waals surface area contributed by atoms with Gasteiger partial charge in [0, 0.05) is 41.2 Å². The average molecular weight is 532 g/mol. The summed E-state index contributed by atoms with van der Waals surface area (Å²) in [5, 5.41) is 7.73. The fourth-order valence-electron chi connectivity index (χ4n) is 4.33. The standard InChI is InChI=1S/C28H24F3N7O/c1-15-6-8-17-19(12-21(37-26(17)32)16-7-9-23(39-3)20(11-16)28(29,30)31)25(15)38-27-18(5-4-10-34-27)22-13-24(33-2)36-14-35-22/h4-14H,1-3H3,(H2,32,37)(H,34,38)(H,33,35,36). The molecule has 0 saturated carbocycles. The summed E-state index contributed by atoms with van der Waals surface area (Å²) in [6.45, 7) is 1.92. The number of aryl methyl sites for hydroxylation is 1. The first kappa shape index (κ1) is 25.7. The van der Waals surface area contributed by atoms with Crippen molar-refractivity contribution in [2.24, 2.45) is 0 Å². The number of nitrogens with two attached hydrogens (primary N) is 1. The molecule has 39 heavy (non-hydrogen) atoms. The smallest absolute Gasteiger partial charge is 0.419 e. The van der Waals surface area contributed by atoms with E-state index in [1.807, 2.05) is 25.1 Å². The van der Waals surface area contributed by atoms with Gasteiger partial charge in [-0.25, -0.2) is 19.9 Å². The number of alkyl halides is 3. The SMILES string of the molecule is CNc1cc(-c2cccnc2Nc2c(C)ccc3c(N)nc(-c4ccc(OC)c(C(F)(F)F)c4)cc23)ncn1. The molecule has 0 unspecified atom stereocenters. The van der Waals surface area contributed by atoms with Crippen LogP contribution in [0.5, 0.6) is 5.75 Å². The van der Waals surface area contributed by atoms with Gasteiger partial charge in [0.2, 0.25) is 0 Å². The molecule has 0 radical (unpaired) electrons. The number of pyridine rings is 2. The van der Waals surface area contributed by atoms with Crippen molar-refractivity contribution in [2.45, 2.75) is 13.1 Å². The van der Waals surface area contributed by atoms with Crippen molar-refractivity contribution >= 4 is 33.9 Å². The Bertz CT molecular complexity index is 1690. The number of ether oxygens (including phenoxy) is 1. The molecule has 0 aliphatic heterocycles. The van der Waals surface area contributed by atoms with E-state index < -0.39 is 11.7 Å². The summed E-state index contributed by atoms with van der Waals surface area (Å²) in [6.07, 6.45) is -1.48. The minimum absolute atomic E-state index is 0.186. The van der Waals surface area contributed by atoms with Gasteiger partial charge in [-0.3, -0.25) is 0 Å². The van der Waals surface area contributed by atoms with Crippen molar-refractivity contribution in [2.75, 3.05) is 30.5 Å². The van der Waals surface area contributed by atoms with Crippen LogP contribution < -0.4 is 21.1 Å². The Hall–Kier alpha value is -4.93. The molecule has 198 valence electrons. The monoisotopic (exact) mass is 531 g/mol. The van der Waals surface area contributed by atoms with Gasteiger partial charge in [0.1, 0.15) is 29.5 Å². The van der Waals surface area contributed by atoms with Crippen molar-refractivity contribution in [1.29, 1.82) is 0 Å². The lowest BCUT2D eigenvalue weighted by Crippen LogP contribution is -2.08. The Morgan fingerprint density at radius 2 is 1.74 bits per heavy atom. The summed E-state index contributed by atoms with van der Waals surface area (Å²) in [7, 11) is 2.97. The van der Waals surface area contributed by atoms with E-state index in [4.69, 9.17) is 10.5 Å². The second kappa shape index (κ2) is 10.1. The van der Waals surface area contributed by atoms with Crippen LogP contribution in [0, 0.1) is 6.92 Å². The number of rotatable bonds is 6. The summed E-state index contributed by atoms with van der Waals surface area (Å²) in [6, 6.07) is 14.8. The molecule has 0 atom stereocenters. The molecule has 11 heteroatoms. The van der Waals surface area contributed by atoms with Crippen LogP contribution in [0.3, 0.4) is 0 Å². The van der Waals surface area contributed by atoms with Crippen LogP contribution in [0.1, 0.15) is 11.1 Å². The number of aromatic nitrogens is 4. The van der Waals surface area contributed by atoms with Gasteiger partial charge in [0.15, 0.2) is 0 Å². The van der Waals surface area contributed by atoms with Gasteiger partial charge < -0.3 is 21.1 Å². The molecule has 0 aliphatic rings. The average Bonchev–Trinajstić information content (AvgIpc) is 2.94. The molecule has 8 nitrogen and oxygen atoms in total. The van der Waals surface area contributed by atoms with E-state index in [0.29, 0.717) is 33.8 Å². The first-order valence-electron chi connectivity index (χ1n) is 11.9. The lowest BCUT2D eigenvalue weighted by molar-refractivity contribution is -0.138. The first-order chi connectivity index (χ1) is 18.7. The maximum atomic E-state index is 13.7. The molecule has 3 aromatic heterocycles. The molecule has 3 heterocycles. The van der Waals surface area contributed by atoms with Gasteiger partial charge in [0.25, 0.3) is 0 Å². The molecule has 5 rings (SSSR count). The van der Waals surface area contributed by atoms with Gasteiger partial charge in [0.05, 0.1) is 29.7 Å². The number of anilines is 4. The Kier molecular flexibility index (Phi) is 6.65. The van der Waals surface area contributed by atoms with E-state index in [2.05, 4.69) is 30.6 Å². The number of nitrogens with zero attached hydrogens (tertiary/aromatic N) is 4. The molecule has 5 aromatic rings. The topological polar surface area (TPSA) is 111 Å². The van der Waals surface area contributed by atoms with Crippen molar-refractivity contribution in [3.63, 3.8) is 0 Å². The van der Waals surface area contributed by atoms with E-state index in [0.717, 1.165) is 17.2 Å². The van der Waals surface area contributed by atoms with Gasteiger partial charge in [-0.1, -0.05) is 12.1 Å². The third-order valence-corrected chi connectivity index (χ3v) is 6.30. The van der Waals surface area contributed by atoms with Crippen LogP contribution in [0.4, 0.5) is 36.3 Å². The van der Waals surface area contributed by atoms with Crippen LogP contribution in [-0.2, 0) is 6.18 Å². The van der Waals surface area contributed by atoms with E-state index in [1.54, 1.807) is 31.4 Å². The number of fused-ring (bicyclic) bond motifs is 1. The molecule has 0 aliphatic carbocycles. The zero-order valence-corrected chi connectivity index (χ0v) is 21.3. The summed E-state index contributed by atoms with van der Waals surface area (Å²) in [5.74, 6) is 1.10. The fraction of sp³-hybridized carbons (Fsp3) is 0.143. The number of nitrogen functional groups attached to an aromatic ring is 1. The normalized spacial score (nSPS) is 11.4. The van der Waals surface area contributed by atoms with Gasteiger partial charge in [-0.2, -0.15) is 13.2 Å². The molecule has 2 aromatic carbocycles. The third-order valence-electron chi connectivity index (χ3n) is 6.30. The number of halogens is 3. The van der Waals surface area contributed by atoms with E-state index >= 15 is 0 Å². The molecule has 0 fully saturated rings. The highest BCUT2D eigenvalue weighted by atomic mass is 19.4. The zero-order valence-electron chi connectivity index (χ0n) is 21.3. The second-order valence-electron chi connectivity index (χ2n) is 8.72. The lowest BCUT2D eigenvalue weighted by Gasteiger charge is -2.17. The Labute approximate surface area is 222 Å². The molecule has 4 N–H and O–H groups in total. The van der Waals surface area contributed by atoms with E-state index in [-0.39, 0.29) is 22.8 Å². The minimum atomic E-state index is -4.60. The third kappa shape index (κ3) is 4.98. The molecular weight excluding hydrogens is 507 g/mol. The quantitative estimate of drug-likeness (QED) is 0.229. The largest absolute Gasteiger partial charge is 0.496 e. The number of hydrogen-bond donors (Lipinski definition) is 3. The van der Waals surface area contributed by atoms with Gasteiger partial charge in [-0.15, -0.1) is 0 Å². The molecule has 0 amide bonds. The lowest BCUT2D eigenvalue weighted by atomic mass is 10.0. The molecule has 0 spiro atoms. The molecule has 0 bridgehead atoms. The Morgan fingerprint density at radius 3 is 2.49 bits per heavy atom. The van der Waals surface area contributed by atoms with Crippen molar-refractivity contribution in [3.05, 3.63) is 78.2 Å². The zero-order chi connectivity index (χ0) is 27.7. The predicted octanol–water partition coefficient (Wildman–Crippen LogP) is 6.46. The van der Waals surface area contributed by atoms with Crippen molar-refractivity contribution in [3.8, 4) is 28.3 Å². The van der Waals surface area contributed by atoms with Crippen LogP contribution >= 0.6 is 0 Å². The van der Waals surface area contributed by atoms with E-state index in [9.17, 15) is 13.2 Å². The van der Waals surface area contributed by atoms with Crippen LogP contribution in [0.15, 0.2) is 67.1 Å². The summed E-state index contributed by atoms with van der Waals surface area (Å²) < 4.78 is 46.0. The minimum Gasteiger partial charge on any atom is -0.496 e. The second-order valence-corrected chi connectivity index (χ2v) is 8.72. The fourth-order valence-corrected chi connectivity index (χ4v) is 4.33. The summed E-state index contributed by atoms with van der Waals surface area (Å²) in [4.78, 5) is 17.5.